The van der Waals surface area contributed by atoms with Crippen LogP contribution in [0.2, 0.25) is 0 Å². The van der Waals surface area contributed by atoms with Crippen LogP contribution in [0.4, 0.5) is 11.4 Å². The van der Waals surface area contributed by atoms with Gasteiger partial charge in [0.15, 0.2) is 0 Å². The van der Waals surface area contributed by atoms with Crippen LogP contribution in [0.25, 0.3) is 11.1 Å². The van der Waals surface area contributed by atoms with Crippen LogP contribution in [0, 0.1) is 13.8 Å². The first kappa shape index (κ1) is 17.3. The molecule has 0 bridgehead atoms. The number of nitrogens with zero attached hydrogens (tertiary/aromatic N) is 1. The summed E-state index contributed by atoms with van der Waals surface area (Å²) in [4.78, 5) is 6.32. The first-order valence-corrected chi connectivity index (χ1v) is 10.8. The monoisotopic (exact) mass is 382 g/mol. The summed E-state index contributed by atoms with van der Waals surface area (Å²) in [5.74, 6) is 0.828. The SMILES string of the molecule is COc1cccc(N=c2ssc3c2-c2cc(C)cc(C)c2NC3(C)C)c1. The summed E-state index contributed by atoms with van der Waals surface area (Å²) in [5.41, 5.74) is 7.12. The second-order valence-corrected chi connectivity index (χ2v) is 9.37. The van der Waals surface area contributed by atoms with Gasteiger partial charge in [-0.3, -0.25) is 0 Å². The van der Waals surface area contributed by atoms with E-state index in [2.05, 4.69) is 45.1 Å². The molecule has 0 radical (unpaired) electrons. The average molecular weight is 383 g/mol. The Balaban J connectivity index is 1.99. The Morgan fingerprint density at radius 1 is 1.08 bits per heavy atom. The lowest BCUT2D eigenvalue weighted by molar-refractivity contribution is 0.415. The van der Waals surface area contributed by atoms with Crippen molar-refractivity contribution < 1.29 is 4.74 Å². The van der Waals surface area contributed by atoms with E-state index in [0.29, 0.717) is 0 Å². The number of fused-ring (bicyclic) bond motifs is 3. The van der Waals surface area contributed by atoms with Gasteiger partial charge in [-0.2, -0.15) is 0 Å². The largest absolute Gasteiger partial charge is 0.497 e. The maximum atomic E-state index is 5.34. The van der Waals surface area contributed by atoms with Crippen molar-refractivity contribution in [2.75, 3.05) is 12.4 Å². The average Bonchev–Trinajstić information content (AvgIpc) is 3.01. The van der Waals surface area contributed by atoms with Gasteiger partial charge in [0.2, 0.25) is 0 Å². The molecule has 5 heteroatoms. The van der Waals surface area contributed by atoms with E-state index in [1.165, 1.54) is 32.8 Å². The molecule has 3 nitrogen and oxygen atoms in total. The van der Waals surface area contributed by atoms with Gasteiger partial charge in [-0.05, 0) is 51.5 Å². The molecule has 134 valence electrons. The molecule has 0 unspecified atom stereocenters. The summed E-state index contributed by atoms with van der Waals surface area (Å²) in [5, 5.41) is 3.74. The molecular weight excluding hydrogens is 360 g/mol. The highest BCUT2D eigenvalue weighted by atomic mass is 32.9. The molecule has 2 heterocycles. The lowest BCUT2D eigenvalue weighted by Crippen LogP contribution is -2.32. The van der Waals surface area contributed by atoms with E-state index < -0.39 is 0 Å². The molecule has 0 amide bonds. The topological polar surface area (TPSA) is 33.6 Å². The Hall–Kier alpha value is -2.11. The number of hydrogen-bond donors (Lipinski definition) is 1. The molecule has 0 saturated carbocycles. The Kier molecular flexibility index (Phi) is 4.16. The Morgan fingerprint density at radius 2 is 1.88 bits per heavy atom. The van der Waals surface area contributed by atoms with Crippen LogP contribution in [-0.2, 0) is 5.54 Å². The minimum absolute atomic E-state index is 0.105. The van der Waals surface area contributed by atoms with Gasteiger partial charge in [0.05, 0.1) is 23.2 Å². The second kappa shape index (κ2) is 6.25. The summed E-state index contributed by atoms with van der Waals surface area (Å²) in [6.07, 6.45) is 0. The van der Waals surface area contributed by atoms with Gasteiger partial charge in [0, 0.05) is 22.9 Å². The molecular formula is C21H22N2OS2. The van der Waals surface area contributed by atoms with Crippen molar-refractivity contribution in [1.29, 1.82) is 0 Å². The quantitative estimate of drug-likeness (QED) is 0.552. The molecule has 4 rings (SSSR count). The van der Waals surface area contributed by atoms with Gasteiger partial charge >= 0.3 is 0 Å². The van der Waals surface area contributed by atoms with Gasteiger partial charge in [0.25, 0.3) is 0 Å². The molecule has 0 atom stereocenters. The van der Waals surface area contributed by atoms with Crippen LogP contribution >= 0.6 is 20.7 Å². The number of benzene rings is 2. The normalized spacial score (nSPS) is 15.2. The van der Waals surface area contributed by atoms with Gasteiger partial charge in [0.1, 0.15) is 10.4 Å². The van der Waals surface area contributed by atoms with Crippen molar-refractivity contribution in [3.05, 3.63) is 57.1 Å². The van der Waals surface area contributed by atoms with E-state index in [-0.39, 0.29) is 5.54 Å². The molecule has 1 aromatic heterocycles. The van der Waals surface area contributed by atoms with Crippen LogP contribution in [0.5, 0.6) is 5.75 Å². The van der Waals surface area contributed by atoms with Crippen molar-refractivity contribution in [3.8, 4) is 16.9 Å². The minimum atomic E-state index is -0.105. The predicted molar refractivity (Wildman–Crippen MR) is 112 cm³/mol. The standard InChI is InChI=1S/C21H22N2OS2/c1-12-9-13(2)18-16(10-12)17-19(21(3,4)23-18)25-26-20(17)22-14-7-6-8-15(11-14)24-5/h6-11,23H,1-5H3. The molecule has 0 aliphatic carbocycles. The van der Waals surface area contributed by atoms with Crippen LogP contribution in [0.15, 0.2) is 41.4 Å². The number of rotatable bonds is 2. The van der Waals surface area contributed by atoms with E-state index in [9.17, 15) is 0 Å². The first-order valence-electron chi connectivity index (χ1n) is 8.61. The highest BCUT2D eigenvalue weighted by Gasteiger charge is 2.34. The Labute approximate surface area is 161 Å². The predicted octanol–water partition coefficient (Wildman–Crippen LogP) is 6.00. The van der Waals surface area contributed by atoms with Crippen LogP contribution in [-0.4, -0.2) is 7.11 Å². The zero-order valence-electron chi connectivity index (χ0n) is 15.6. The van der Waals surface area contributed by atoms with E-state index in [0.717, 1.165) is 16.1 Å². The van der Waals surface area contributed by atoms with Gasteiger partial charge < -0.3 is 10.1 Å². The summed E-state index contributed by atoms with van der Waals surface area (Å²) in [7, 11) is 5.25. The summed E-state index contributed by atoms with van der Waals surface area (Å²) < 4.78 is 6.41. The Morgan fingerprint density at radius 3 is 2.65 bits per heavy atom. The maximum Gasteiger partial charge on any atom is 0.135 e. The number of aryl methyl sites for hydroxylation is 2. The molecule has 1 N–H and O–H groups in total. The fraction of sp³-hybridized carbons (Fsp3) is 0.286. The number of nitrogens with one attached hydrogen (secondary N) is 1. The Bertz CT molecular complexity index is 1060. The number of methoxy groups -OCH3 is 1. The molecule has 1 aliphatic heterocycles. The fourth-order valence-electron chi connectivity index (χ4n) is 3.49. The van der Waals surface area contributed by atoms with Crippen molar-refractivity contribution in [1.82, 2.24) is 0 Å². The third-order valence-electron chi connectivity index (χ3n) is 4.68. The summed E-state index contributed by atoms with van der Waals surface area (Å²) in [6.45, 7) is 8.81. The van der Waals surface area contributed by atoms with Gasteiger partial charge in [-0.1, -0.05) is 38.4 Å². The van der Waals surface area contributed by atoms with Crippen molar-refractivity contribution in [2.24, 2.45) is 4.99 Å². The number of hydrogen-bond acceptors (Lipinski definition) is 5. The molecule has 26 heavy (non-hydrogen) atoms. The van der Waals surface area contributed by atoms with Crippen molar-refractivity contribution in [2.45, 2.75) is 33.2 Å². The van der Waals surface area contributed by atoms with Crippen LogP contribution in [0.3, 0.4) is 0 Å². The van der Waals surface area contributed by atoms with Crippen molar-refractivity contribution in [3.63, 3.8) is 0 Å². The number of anilines is 1. The lowest BCUT2D eigenvalue weighted by atomic mass is 9.87. The summed E-state index contributed by atoms with van der Waals surface area (Å²) >= 11 is 0. The fourth-order valence-corrected chi connectivity index (χ4v) is 6.43. The molecule has 0 spiro atoms. The molecule has 1 aliphatic rings. The van der Waals surface area contributed by atoms with E-state index >= 15 is 0 Å². The molecule has 2 aromatic carbocycles. The van der Waals surface area contributed by atoms with Crippen LogP contribution < -0.4 is 14.7 Å². The van der Waals surface area contributed by atoms with Gasteiger partial charge in [-0.15, -0.1) is 0 Å². The van der Waals surface area contributed by atoms with E-state index in [4.69, 9.17) is 9.73 Å². The lowest BCUT2D eigenvalue weighted by Gasteiger charge is -2.34. The molecule has 3 aromatic rings. The van der Waals surface area contributed by atoms with Gasteiger partial charge in [-0.25, -0.2) is 4.99 Å². The highest BCUT2D eigenvalue weighted by molar-refractivity contribution is 7.68. The third kappa shape index (κ3) is 2.85. The third-order valence-corrected chi connectivity index (χ3v) is 7.32. The zero-order chi connectivity index (χ0) is 18.5. The number of ether oxygens (including phenoxy) is 1. The zero-order valence-corrected chi connectivity index (χ0v) is 17.3. The second-order valence-electron chi connectivity index (χ2n) is 7.24. The van der Waals surface area contributed by atoms with E-state index in [1.54, 1.807) is 17.5 Å². The smallest absolute Gasteiger partial charge is 0.135 e. The minimum Gasteiger partial charge on any atom is -0.497 e. The van der Waals surface area contributed by atoms with Crippen LogP contribution in [0.1, 0.15) is 29.9 Å². The highest BCUT2D eigenvalue weighted by Crippen LogP contribution is 2.46. The van der Waals surface area contributed by atoms with Crippen molar-refractivity contribution >= 4 is 32.1 Å². The van der Waals surface area contributed by atoms with E-state index in [1.807, 2.05) is 34.6 Å². The first-order chi connectivity index (χ1) is 12.4. The summed E-state index contributed by atoms with van der Waals surface area (Å²) in [6, 6.07) is 12.4. The maximum absolute atomic E-state index is 5.34. The molecule has 0 fully saturated rings. The molecule has 0 saturated heterocycles.